The summed E-state index contributed by atoms with van der Waals surface area (Å²) in [5.41, 5.74) is 5.54. The SMILES string of the molecule is CC(CC(c1ccccc1)c1ccccc1)NC(C)CC(c1ccccc1)c1ccccc1.Cl. The van der Waals surface area contributed by atoms with Crippen molar-refractivity contribution in [2.24, 2.45) is 0 Å². The maximum atomic E-state index is 3.92. The molecule has 0 bridgehead atoms. The molecule has 0 radical (unpaired) electrons. The van der Waals surface area contributed by atoms with Gasteiger partial charge < -0.3 is 5.32 Å². The van der Waals surface area contributed by atoms with Crippen molar-refractivity contribution in [2.45, 2.75) is 50.6 Å². The van der Waals surface area contributed by atoms with E-state index in [-0.39, 0.29) is 12.4 Å². The lowest BCUT2D eigenvalue weighted by atomic mass is 9.84. The van der Waals surface area contributed by atoms with Crippen LogP contribution >= 0.6 is 12.4 Å². The van der Waals surface area contributed by atoms with E-state index < -0.39 is 0 Å². The lowest BCUT2D eigenvalue weighted by Crippen LogP contribution is -2.36. The molecule has 176 valence electrons. The summed E-state index contributed by atoms with van der Waals surface area (Å²) in [4.78, 5) is 0. The second-order valence-corrected chi connectivity index (χ2v) is 9.19. The van der Waals surface area contributed by atoms with Crippen molar-refractivity contribution < 1.29 is 0 Å². The van der Waals surface area contributed by atoms with Crippen LogP contribution in [0.4, 0.5) is 0 Å². The Bertz CT molecular complexity index is 899. The van der Waals surface area contributed by atoms with E-state index in [9.17, 15) is 0 Å². The van der Waals surface area contributed by atoms with Crippen molar-refractivity contribution in [3.05, 3.63) is 144 Å². The molecule has 2 heteroatoms. The second-order valence-electron chi connectivity index (χ2n) is 9.19. The van der Waals surface area contributed by atoms with E-state index in [0.29, 0.717) is 23.9 Å². The molecule has 1 nitrogen and oxygen atoms in total. The highest BCUT2D eigenvalue weighted by molar-refractivity contribution is 5.85. The third kappa shape index (κ3) is 7.06. The van der Waals surface area contributed by atoms with Crippen molar-refractivity contribution in [2.75, 3.05) is 0 Å². The van der Waals surface area contributed by atoms with Crippen molar-refractivity contribution in [1.29, 1.82) is 0 Å². The van der Waals surface area contributed by atoms with Gasteiger partial charge in [0, 0.05) is 23.9 Å². The number of nitrogens with one attached hydrogen (secondary N) is 1. The van der Waals surface area contributed by atoms with E-state index >= 15 is 0 Å². The van der Waals surface area contributed by atoms with Gasteiger partial charge in [-0.25, -0.2) is 0 Å². The summed E-state index contributed by atoms with van der Waals surface area (Å²) >= 11 is 0. The van der Waals surface area contributed by atoms with Crippen LogP contribution in [0, 0.1) is 0 Å². The Balaban J connectivity index is 0.00000324. The van der Waals surface area contributed by atoms with Crippen LogP contribution in [0.3, 0.4) is 0 Å². The average Bonchev–Trinajstić information content (AvgIpc) is 2.88. The van der Waals surface area contributed by atoms with Gasteiger partial charge >= 0.3 is 0 Å². The van der Waals surface area contributed by atoms with E-state index in [1.807, 2.05) is 0 Å². The van der Waals surface area contributed by atoms with Gasteiger partial charge in [-0.2, -0.15) is 0 Å². The molecular weight excluding hydrogens is 434 g/mol. The minimum atomic E-state index is 0. The van der Waals surface area contributed by atoms with E-state index in [1.165, 1.54) is 22.3 Å². The normalized spacial score (nSPS) is 12.8. The molecule has 1 N–H and O–H groups in total. The van der Waals surface area contributed by atoms with Gasteiger partial charge in [0.15, 0.2) is 0 Å². The standard InChI is InChI=1S/C32H35N.ClH/c1-25(23-31(27-15-7-3-8-16-27)28-17-9-4-10-18-28)33-26(2)24-32(29-19-11-5-12-20-29)30-21-13-6-14-22-30;/h3-22,25-26,31-33H,23-24H2,1-2H3;1H. The Hall–Kier alpha value is -2.87. The molecule has 0 heterocycles. The molecule has 0 aliphatic heterocycles. The first kappa shape index (κ1) is 25.7. The molecule has 4 rings (SSSR count). The summed E-state index contributed by atoms with van der Waals surface area (Å²) in [6.45, 7) is 4.66. The van der Waals surface area contributed by atoms with Crippen LogP contribution in [0.5, 0.6) is 0 Å². The molecule has 0 aromatic heterocycles. The fourth-order valence-electron chi connectivity index (χ4n) is 5.00. The first-order chi connectivity index (χ1) is 16.2. The monoisotopic (exact) mass is 469 g/mol. The lowest BCUT2D eigenvalue weighted by molar-refractivity contribution is 0.406. The fourth-order valence-corrected chi connectivity index (χ4v) is 5.00. The maximum absolute atomic E-state index is 3.92. The highest BCUT2D eigenvalue weighted by Crippen LogP contribution is 2.31. The van der Waals surface area contributed by atoms with E-state index in [2.05, 4.69) is 140 Å². The number of hydrogen-bond acceptors (Lipinski definition) is 1. The van der Waals surface area contributed by atoms with Crippen LogP contribution in [0.25, 0.3) is 0 Å². The zero-order valence-electron chi connectivity index (χ0n) is 20.2. The van der Waals surface area contributed by atoms with Crippen molar-refractivity contribution >= 4 is 12.4 Å². The summed E-state index contributed by atoms with van der Waals surface area (Å²) in [6.07, 6.45) is 2.14. The Morgan fingerprint density at radius 3 is 0.912 bits per heavy atom. The smallest absolute Gasteiger partial charge is 0.0104 e. The summed E-state index contributed by atoms with van der Waals surface area (Å²) in [5, 5.41) is 3.92. The molecule has 0 fully saturated rings. The largest absolute Gasteiger partial charge is 0.312 e. The fraction of sp³-hybridized carbons (Fsp3) is 0.250. The number of halogens is 1. The molecule has 0 saturated heterocycles. The second kappa shape index (κ2) is 13.1. The van der Waals surface area contributed by atoms with Crippen molar-refractivity contribution in [3.63, 3.8) is 0 Å². The van der Waals surface area contributed by atoms with Crippen molar-refractivity contribution in [3.8, 4) is 0 Å². The van der Waals surface area contributed by atoms with Gasteiger partial charge in [-0.05, 0) is 48.9 Å². The van der Waals surface area contributed by atoms with Gasteiger partial charge in [-0.15, -0.1) is 12.4 Å². The predicted molar refractivity (Wildman–Crippen MR) is 148 cm³/mol. The molecule has 0 aliphatic rings. The molecule has 34 heavy (non-hydrogen) atoms. The third-order valence-corrected chi connectivity index (χ3v) is 6.56. The number of rotatable bonds is 10. The van der Waals surface area contributed by atoms with E-state index in [4.69, 9.17) is 0 Å². The summed E-state index contributed by atoms with van der Waals surface area (Å²) in [6, 6.07) is 44.5. The minimum Gasteiger partial charge on any atom is -0.312 e. The van der Waals surface area contributed by atoms with Gasteiger partial charge in [0.2, 0.25) is 0 Å². The molecule has 4 aromatic carbocycles. The molecule has 2 atom stereocenters. The zero-order chi connectivity index (χ0) is 22.9. The molecule has 2 unspecified atom stereocenters. The van der Waals surface area contributed by atoms with Crippen LogP contribution in [-0.4, -0.2) is 12.1 Å². The predicted octanol–water partition coefficient (Wildman–Crippen LogP) is 8.22. The Morgan fingerprint density at radius 2 is 0.676 bits per heavy atom. The highest BCUT2D eigenvalue weighted by atomic mass is 35.5. The lowest BCUT2D eigenvalue weighted by Gasteiger charge is -2.28. The van der Waals surface area contributed by atoms with Crippen LogP contribution in [-0.2, 0) is 0 Å². The number of hydrogen-bond donors (Lipinski definition) is 1. The molecule has 0 spiro atoms. The Labute approximate surface area is 211 Å². The molecule has 0 amide bonds. The van der Waals surface area contributed by atoms with Gasteiger partial charge in [-0.1, -0.05) is 121 Å². The molecule has 4 aromatic rings. The summed E-state index contributed by atoms with van der Waals surface area (Å²) < 4.78 is 0. The summed E-state index contributed by atoms with van der Waals surface area (Å²) in [7, 11) is 0. The quantitative estimate of drug-likeness (QED) is 0.246. The van der Waals surface area contributed by atoms with Crippen molar-refractivity contribution in [1.82, 2.24) is 5.32 Å². The molecule has 0 aliphatic carbocycles. The van der Waals surface area contributed by atoms with Crippen LogP contribution in [0.15, 0.2) is 121 Å². The summed E-state index contributed by atoms with van der Waals surface area (Å²) in [5.74, 6) is 0.780. The highest BCUT2D eigenvalue weighted by Gasteiger charge is 2.21. The van der Waals surface area contributed by atoms with Gasteiger partial charge in [-0.3, -0.25) is 0 Å². The first-order valence-corrected chi connectivity index (χ1v) is 12.2. The van der Waals surface area contributed by atoms with E-state index in [0.717, 1.165) is 12.8 Å². The molecule has 0 saturated carbocycles. The zero-order valence-corrected chi connectivity index (χ0v) is 21.0. The molecular formula is C32H36ClN. The number of benzene rings is 4. The van der Waals surface area contributed by atoms with Crippen LogP contribution < -0.4 is 5.32 Å². The topological polar surface area (TPSA) is 12.0 Å². The van der Waals surface area contributed by atoms with Gasteiger partial charge in [0.1, 0.15) is 0 Å². The maximum Gasteiger partial charge on any atom is 0.0104 e. The minimum absolute atomic E-state index is 0. The van der Waals surface area contributed by atoms with E-state index in [1.54, 1.807) is 0 Å². The van der Waals surface area contributed by atoms with Crippen LogP contribution in [0.1, 0.15) is 60.8 Å². The van der Waals surface area contributed by atoms with Gasteiger partial charge in [0.05, 0.1) is 0 Å². The average molecular weight is 470 g/mol. The Kier molecular flexibility index (Phi) is 9.94. The third-order valence-electron chi connectivity index (χ3n) is 6.56. The van der Waals surface area contributed by atoms with Gasteiger partial charge in [0.25, 0.3) is 0 Å². The van der Waals surface area contributed by atoms with Crippen LogP contribution in [0.2, 0.25) is 0 Å². The Morgan fingerprint density at radius 1 is 0.441 bits per heavy atom. The first-order valence-electron chi connectivity index (χ1n) is 12.2.